The van der Waals surface area contributed by atoms with E-state index in [-0.39, 0.29) is 11.9 Å². The number of fused-ring (bicyclic) bond motifs is 1. The van der Waals surface area contributed by atoms with Gasteiger partial charge in [0.05, 0.1) is 18.7 Å². The summed E-state index contributed by atoms with van der Waals surface area (Å²) in [6, 6.07) is 13.8. The fourth-order valence-corrected chi connectivity index (χ4v) is 4.44. The Kier molecular flexibility index (Phi) is 5.36. The summed E-state index contributed by atoms with van der Waals surface area (Å²) in [5, 5.41) is 6.14. The molecule has 2 aromatic heterocycles. The molecule has 1 amide bonds. The molecular weight excluding hydrogens is 358 g/mol. The first-order chi connectivity index (χ1) is 13.2. The normalized spacial score (nSPS) is 15.7. The van der Waals surface area contributed by atoms with Gasteiger partial charge in [-0.1, -0.05) is 12.1 Å². The zero-order valence-corrected chi connectivity index (χ0v) is 16.2. The van der Waals surface area contributed by atoms with E-state index in [2.05, 4.69) is 32.7 Å². The number of carbonyl (C=O) groups excluding carboxylic acids is 1. The number of hydrogen-bond acceptors (Lipinski definition) is 5. The van der Waals surface area contributed by atoms with E-state index in [1.165, 1.54) is 17.7 Å². The van der Waals surface area contributed by atoms with Crippen molar-refractivity contribution in [2.75, 3.05) is 26.7 Å². The highest BCUT2D eigenvalue weighted by atomic mass is 32.1. The second-order valence-corrected chi connectivity index (χ2v) is 7.72. The van der Waals surface area contributed by atoms with Gasteiger partial charge in [0.15, 0.2) is 0 Å². The molecule has 0 bridgehead atoms. The number of thiophene rings is 1. The van der Waals surface area contributed by atoms with Crippen LogP contribution in [0.4, 0.5) is 0 Å². The maximum absolute atomic E-state index is 12.7. The lowest BCUT2D eigenvalue weighted by Crippen LogP contribution is -2.36. The van der Waals surface area contributed by atoms with Crippen molar-refractivity contribution >= 4 is 28.1 Å². The van der Waals surface area contributed by atoms with Crippen molar-refractivity contribution in [2.24, 2.45) is 0 Å². The van der Waals surface area contributed by atoms with Crippen LogP contribution in [0.2, 0.25) is 0 Å². The van der Waals surface area contributed by atoms with E-state index in [0.29, 0.717) is 12.2 Å². The first kappa shape index (κ1) is 17.9. The molecule has 1 atom stereocenters. The predicted octanol–water partition coefficient (Wildman–Crippen LogP) is 3.87. The first-order valence-corrected chi connectivity index (χ1v) is 10.1. The minimum atomic E-state index is -0.131. The molecule has 0 radical (unpaired) electrons. The molecule has 3 heterocycles. The third kappa shape index (κ3) is 3.96. The largest absolute Gasteiger partial charge is 0.497 e. The number of pyridine rings is 1. The van der Waals surface area contributed by atoms with Gasteiger partial charge < -0.3 is 10.1 Å². The van der Waals surface area contributed by atoms with Crippen LogP contribution in [0.3, 0.4) is 0 Å². The minimum absolute atomic E-state index is 0.131. The molecule has 1 aromatic carbocycles. The van der Waals surface area contributed by atoms with Crippen molar-refractivity contribution in [2.45, 2.75) is 18.9 Å². The fraction of sp³-hybridized carbons (Fsp3) is 0.333. The lowest BCUT2D eigenvalue weighted by atomic mass is 10.1. The molecule has 5 nitrogen and oxygen atoms in total. The van der Waals surface area contributed by atoms with Gasteiger partial charge in [-0.2, -0.15) is 0 Å². The molecule has 1 unspecified atom stereocenters. The summed E-state index contributed by atoms with van der Waals surface area (Å²) >= 11 is 1.75. The molecule has 1 saturated heterocycles. The highest BCUT2D eigenvalue weighted by Crippen LogP contribution is 2.28. The van der Waals surface area contributed by atoms with Gasteiger partial charge in [-0.3, -0.25) is 9.69 Å². The van der Waals surface area contributed by atoms with E-state index in [0.717, 1.165) is 29.7 Å². The Balaban J connectivity index is 1.48. The lowest BCUT2D eigenvalue weighted by molar-refractivity contribution is 0.0934. The van der Waals surface area contributed by atoms with Crippen molar-refractivity contribution in [1.29, 1.82) is 0 Å². The quantitative estimate of drug-likeness (QED) is 0.704. The average Bonchev–Trinajstić information content (AvgIpc) is 3.42. The molecule has 140 valence electrons. The third-order valence-electron chi connectivity index (χ3n) is 5.04. The molecule has 0 aliphatic carbocycles. The molecular formula is C21H23N3O2S. The van der Waals surface area contributed by atoms with Crippen LogP contribution in [0, 0.1) is 0 Å². The van der Waals surface area contributed by atoms with E-state index >= 15 is 0 Å². The van der Waals surface area contributed by atoms with E-state index in [1.807, 2.05) is 24.3 Å². The van der Waals surface area contributed by atoms with Crippen molar-refractivity contribution < 1.29 is 9.53 Å². The zero-order chi connectivity index (χ0) is 18.6. The zero-order valence-electron chi connectivity index (χ0n) is 15.4. The molecule has 0 saturated carbocycles. The van der Waals surface area contributed by atoms with Gasteiger partial charge in [0.25, 0.3) is 5.91 Å². The molecule has 0 spiro atoms. The molecule has 1 fully saturated rings. The summed E-state index contributed by atoms with van der Waals surface area (Å²) in [5.74, 6) is 0.652. The van der Waals surface area contributed by atoms with Gasteiger partial charge in [0, 0.05) is 16.8 Å². The Morgan fingerprint density at radius 1 is 1.26 bits per heavy atom. The second-order valence-electron chi connectivity index (χ2n) is 6.74. The first-order valence-electron chi connectivity index (χ1n) is 9.25. The number of rotatable bonds is 6. The Labute approximate surface area is 163 Å². The highest BCUT2D eigenvalue weighted by Gasteiger charge is 2.25. The van der Waals surface area contributed by atoms with Crippen LogP contribution in [0.15, 0.2) is 47.8 Å². The van der Waals surface area contributed by atoms with Crippen molar-refractivity contribution in [3.63, 3.8) is 0 Å². The second kappa shape index (κ2) is 8.06. The molecule has 1 aliphatic rings. The summed E-state index contributed by atoms with van der Waals surface area (Å²) in [6.07, 6.45) is 2.46. The fourth-order valence-electron chi connectivity index (χ4n) is 3.58. The van der Waals surface area contributed by atoms with Crippen LogP contribution >= 0.6 is 11.3 Å². The van der Waals surface area contributed by atoms with E-state index in [9.17, 15) is 4.79 Å². The van der Waals surface area contributed by atoms with Crippen LogP contribution in [-0.4, -0.2) is 42.5 Å². The molecule has 1 aliphatic heterocycles. The molecule has 4 rings (SSSR count). The Hall–Kier alpha value is -2.44. The maximum Gasteiger partial charge on any atom is 0.269 e. The summed E-state index contributed by atoms with van der Waals surface area (Å²) in [5.41, 5.74) is 1.23. The number of benzene rings is 1. The van der Waals surface area contributed by atoms with Crippen LogP contribution in [0.25, 0.3) is 10.9 Å². The van der Waals surface area contributed by atoms with Gasteiger partial charge >= 0.3 is 0 Å². The number of nitrogens with one attached hydrogen (secondary N) is 1. The summed E-state index contributed by atoms with van der Waals surface area (Å²) in [7, 11) is 1.64. The number of ether oxygens (including phenoxy) is 1. The average molecular weight is 382 g/mol. The number of nitrogens with zero attached hydrogens (tertiary/aromatic N) is 2. The van der Waals surface area contributed by atoms with Crippen molar-refractivity contribution in [3.8, 4) is 5.75 Å². The van der Waals surface area contributed by atoms with Gasteiger partial charge in [-0.25, -0.2) is 4.98 Å². The van der Waals surface area contributed by atoms with E-state index in [4.69, 9.17) is 4.74 Å². The molecule has 3 aromatic rings. The number of amides is 1. The van der Waals surface area contributed by atoms with Gasteiger partial charge in [-0.15, -0.1) is 11.3 Å². The van der Waals surface area contributed by atoms with Gasteiger partial charge in [0.2, 0.25) is 0 Å². The summed E-state index contributed by atoms with van der Waals surface area (Å²) in [4.78, 5) is 21.0. The van der Waals surface area contributed by atoms with Crippen LogP contribution in [0.5, 0.6) is 5.75 Å². The summed E-state index contributed by atoms with van der Waals surface area (Å²) < 4.78 is 5.24. The van der Waals surface area contributed by atoms with E-state index < -0.39 is 0 Å². The number of carbonyl (C=O) groups is 1. The number of aromatic nitrogens is 1. The Bertz CT molecular complexity index is 920. The van der Waals surface area contributed by atoms with Gasteiger partial charge in [0.1, 0.15) is 11.4 Å². The number of hydrogen-bond donors (Lipinski definition) is 1. The van der Waals surface area contributed by atoms with Crippen molar-refractivity contribution in [3.05, 3.63) is 58.4 Å². The monoisotopic (exact) mass is 381 g/mol. The highest BCUT2D eigenvalue weighted by molar-refractivity contribution is 7.10. The van der Waals surface area contributed by atoms with Crippen LogP contribution in [0.1, 0.15) is 34.2 Å². The minimum Gasteiger partial charge on any atom is -0.497 e. The summed E-state index contributed by atoms with van der Waals surface area (Å²) in [6.45, 7) is 2.78. The molecule has 27 heavy (non-hydrogen) atoms. The Morgan fingerprint density at radius 3 is 2.85 bits per heavy atom. The Morgan fingerprint density at radius 2 is 2.11 bits per heavy atom. The third-order valence-corrected chi connectivity index (χ3v) is 6.01. The standard InChI is InChI=1S/C21H23N3O2S/c1-26-16-7-9-17-15(13-16)6-8-18(23-17)21(25)22-14-19(20-5-4-12-27-20)24-10-2-3-11-24/h4-9,12-13,19H,2-3,10-11,14H2,1H3,(H,22,25). The maximum atomic E-state index is 12.7. The molecule has 6 heteroatoms. The SMILES string of the molecule is COc1ccc2nc(C(=O)NCC(c3cccs3)N3CCCC3)ccc2c1. The van der Waals surface area contributed by atoms with E-state index in [1.54, 1.807) is 24.5 Å². The van der Waals surface area contributed by atoms with Crippen LogP contribution in [-0.2, 0) is 0 Å². The van der Waals surface area contributed by atoms with Gasteiger partial charge in [-0.05, 0) is 61.6 Å². The number of likely N-dealkylation sites (tertiary alicyclic amines) is 1. The lowest BCUT2D eigenvalue weighted by Gasteiger charge is -2.26. The molecule has 1 N–H and O–H groups in total. The van der Waals surface area contributed by atoms with Crippen LogP contribution < -0.4 is 10.1 Å². The topological polar surface area (TPSA) is 54.5 Å². The smallest absolute Gasteiger partial charge is 0.269 e. The predicted molar refractivity (Wildman–Crippen MR) is 108 cm³/mol. The van der Waals surface area contributed by atoms with Crippen molar-refractivity contribution in [1.82, 2.24) is 15.2 Å². The number of methoxy groups -OCH3 is 1.